The fraction of sp³-hybridized carbons (Fsp3) is 0.500. The van der Waals surface area contributed by atoms with Crippen LogP contribution in [0.15, 0.2) is 18.2 Å². The van der Waals surface area contributed by atoms with Gasteiger partial charge in [-0.2, -0.15) is 0 Å². The maximum atomic E-state index is 13.5. The van der Waals surface area contributed by atoms with Gasteiger partial charge in [-0.05, 0) is 38.3 Å². The molecular weight excluding hydrogens is 520 g/mol. The molecular formula is C28H43ClN6O4. The number of nitrogen functional groups attached to an aromatic ring is 2. The maximum absolute atomic E-state index is 13.5. The lowest BCUT2D eigenvalue weighted by Crippen LogP contribution is -2.35. The zero-order valence-electron chi connectivity index (χ0n) is 23.9. The van der Waals surface area contributed by atoms with Crippen LogP contribution in [0.5, 0.6) is 11.5 Å². The first-order valence-corrected chi connectivity index (χ1v) is 13.7. The fourth-order valence-electron chi connectivity index (χ4n) is 4.44. The van der Waals surface area contributed by atoms with Crippen LogP contribution >= 0.6 is 11.6 Å². The van der Waals surface area contributed by atoms with Crippen molar-refractivity contribution in [2.75, 3.05) is 78.0 Å². The minimum absolute atomic E-state index is 0.147. The molecule has 2 amide bonds. The van der Waals surface area contributed by atoms with Gasteiger partial charge in [0.25, 0.3) is 11.8 Å². The minimum Gasteiger partial charge on any atom is -0.496 e. The third kappa shape index (κ3) is 7.90. The van der Waals surface area contributed by atoms with Crippen molar-refractivity contribution in [1.82, 2.24) is 20.4 Å². The third-order valence-corrected chi connectivity index (χ3v) is 7.09. The van der Waals surface area contributed by atoms with E-state index in [4.69, 9.17) is 32.5 Å². The summed E-state index contributed by atoms with van der Waals surface area (Å²) >= 11 is 6.53. The topological polar surface area (TPSA) is 135 Å². The Bertz CT molecular complexity index is 1140. The Balaban J connectivity index is 2.59. The number of nitrogens with one attached hydrogen (secondary N) is 2. The van der Waals surface area contributed by atoms with Crippen molar-refractivity contribution in [3.05, 3.63) is 34.3 Å². The lowest BCUT2D eigenvalue weighted by Gasteiger charge is -2.22. The number of nitrogens with zero attached hydrogens (tertiary/aromatic N) is 2. The number of halogens is 1. The first kappa shape index (κ1) is 32.0. The van der Waals surface area contributed by atoms with Gasteiger partial charge in [0, 0.05) is 43.5 Å². The van der Waals surface area contributed by atoms with Gasteiger partial charge in [-0.15, -0.1) is 0 Å². The number of methoxy groups -OCH3 is 2. The van der Waals surface area contributed by atoms with Gasteiger partial charge in [-0.25, -0.2) is 0 Å². The molecule has 0 saturated heterocycles. The van der Waals surface area contributed by atoms with Crippen molar-refractivity contribution in [2.45, 2.75) is 27.7 Å². The van der Waals surface area contributed by atoms with Crippen LogP contribution in [0, 0.1) is 0 Å². The van der Waals surface area contributed by atoms with Crippen LogP contribution in [0.2, 0.25) is 5.02 Å². The zero-order chi connectivity index (χ0) is 29.1. The van der Waals surface area contributed by atoms with E-state index in [2.05, 4.69) is 48.1 Å². The summed E-state index contributed by atoms with van der Waals surface area (Å²) in [5, 5.41) is 6.03. The summed E-state index contributed by atoms with van der Waals surface area (Å²) in [5.74, 6) is -0.303. The number of likely N-dealkylation sites (N-methyl/N-ethyl adjacent to an activating group) is 2. The second-order valence-electron chi connectivity index (χ2n) is 8.94. The van der Waals surface area contributed by atoms with Gasteiger partial charge in [-0.1, -0.05) is 39.3 Å². The van der Waals surface area contributed by atoms with E-state index in [1.807, 2.05) is 0 Å². The molecule has 0 radical (unpaired) electrons. The third-order valence-electron chi connectivity index (χ3n) is 6.77. The molecule has 0 heterocycles. The largest absolute Gasteiger partial charge is 0.496 e. The monoisotopic (exact) mass is 562 g/mol. The van der Waals surface area contributed by atoms with Crippen molar-refractivity contribution in [2.24, 2.45) is 0 Å². The SMILES string of the molecule is CCN(CC)CCNC(=O)c1cc(Cl)c(N)c(-c2cc(N)cc(OC)c2C(=O)NCCN(CC)CC)c1OC. The van der Waals surface area contributed by atoms with E-state index in [-0.39, 0.29) is 45.2 Å². The molecule has 0 atom stereocenters. The zero-order valence-corrected chi connectivity index (χ0v) is 24.7. The molecule has 216 valence electrons. The molecule has 0 saturated carbocycles. The van der Waals surface area contributed by atoms with Crippen LogP contribution in [0.1, 0.15) is 48.4 Å². The van der Waals surface area contributed by atoms with Crippen molar-refractivity contribution < 1.29 is 19.1 Å². The van der Waals surface area contributed by atoms with E-state index in [9.17, 15) is 9.59 Å². The Kier molecular flexibility index (Phi) is 12.6. The second kappa shape index (κ2) is 15.4. The average Bonchev–Trinajstić information content (AvgIpc) is 2.93. The Morgan fingerprint density at radius 1 is 0.846 bits per heavy atom. The van der Waals surface area contributed by atoms with Gasteiger partial charge < -0.3 is 41.4 Å². The highest BCUT2D eigenvalue weighted by molar-refractivity contribution is 6.34. The lowest BCUT2D eigenvalue weighted by molar-refractivity contribution is 0.0938. The fourth-order valence-corrected chi connectivity index (χ4v) is 4.65. The highest BCUT2D eigenvalue weighted by Crippen LogP contribution is 2.46. The summed E-state index contributed by atoms with van der Waals surface area (Å²) in [6, 6.07) is 4.64. The van der Waals surface area contributed by atoms with E-state index in [0.29, 0.717) is 43.0 Å². The quantitative estimate of drug-likeness (QED) is 0.243. The lowest BCUT2D eigenvalue weighted by atomic mass is 9.93. The standard InChI is InChI=1S/C28H43ClN6O4/c1-7-34(8-2)13-11-32-27(36)20-17-21(29)25(31)24(26(20)39-6)19-15-18(30)16-22(38-5)23(19)28(37)33-12-14-35(9-3)10-4/h15-17H,7-14,30-31H2,1-6H3,(H,32,36)(H,33,37). The molecule has 11 heteroatoms. The highest BCUT2D eigenvalue weighted by Gasteiger charge is 2.28. The molecule has 39 heavy (non-hydrogen) atoms. The molecule has 0 aliphatic heterocycles. The van der Waals surface area contributed by atoms with Crippen LogP contribution in [0.4, 0.5) is 11.4 Å². The smallest absolute Gasteiger partial charge is 0.255 e. The molecule has 2 aromatic rings. The molecule has 10 nitrogen and oxygen atoms in total. The summed E-state index contributed by atoms with van der Waals surface area (Å²) in [4.78, 5) is 31.2. The number of benzene rings is 2. The summed E-state index contributed by atoms with van der Waals surface area (Å²) in [7, 11) is 2.89. The number of nitrogens with two attached hydrogens (primary N) is 2. The second-order valence-corrected chi connectivity index (χ2v) is 9.35. The Morgan fingerprint density at radius 2 is 1.38 bits per heavy atom. The highest BCUT2D eigenvalue weighted by atomic mass is 35.5. The number of ether oxygens (including phenoxy) is 2. The predicted molar refractivity (Wildman–Crippen MR) is 159 cm³/mol. The molecule has 0 aliphatic carbocycles. The number of hydrogen-bond donors (Lipinski definition) is 4. The molecule has 2 rings (SSSR count). The van der Waals surface area contributed by atoms with Crippen molar-refractivity contribution in [3.8, 4) is 22.6 Å². The van der Waals surface area contributed by atoms with Crippen molar-refractivity contribution in [3.63, 3.8) is 0 Å². The average molecular weight is 563 g/mol. The summed E-state index contributed by atoms with van der Waals surface area (Å²) in [6.07, 6.45) is 0. The number of amides is 2. The molecule has 0 unspecified atom stereocenters. The van der Waals surface area contributed by atoms with Gasteiger partial charge in [0.05, 0.1) is 41.6 Å². The van der Waals surface area contributed by atoms with Crippen LogP contribution in [-0.2, 0) is 0 Å². The molecule has 2 aromatic carbocycles. The number of carbonyl (C=O) groups excluding carboxylic acids is 2. The molecule has 0 aliphatic rings. The first-order valence-electron chi connectivity index (χ1n) is 13.3. The molecule has 0 bridgehead atoms. The van der Waals surface area contributed by atoms with Crippen LogP contribution < -0.4 is 31.6 Å². The van der Waals surface area contributed by atoms with Crippen LogP contribution in [-0.4, -0.2) is 88.2 Å². The summed E-state index contributed by atoms with van der Waals surface area (Å²) in [6.45, 7) is 14.0. The summed E-state index contributed by atoms with van der Waals surface area (Å²) in [5.41, 5.74) is 14.2. The van der Waals surface area contributed by atoms with E-state index >= 15 is 0 Å². The number of rotatable bonds is 15. The van der Waals surface area contributed by atoms with Gasteiger partial charge in [0.15, 0.2) is 0 Å². The Morgan fingerprint density at radius 3 is 1.87 bits per heavy atom. The van der Waals surface area contributed by atoms with E-state index in [0.717, 1.165) is 26.2 Å². The number of anilines is 2. The Hall–Kier alpha value is -3.21. The normalized spacial score (nSPS) is 11.1. The number of carbonyl (C=O) groups is 2. The van der Waals surface area contributed by atoms with Crippen molar-refractivity contribution >= 4 is 34.8 Å². The van der Waals surface area contributed by atoms with E-state index in [1.165, 1.54) is 20.3 Å². The summed E-state index contributed by atoms with van der Waals surface area (Å²) < 4.78 is 11.3. The van der Waals surface area contributed by atoms with Crippen molar-refractivity contribution in [1.29, 1.82) is 0 Å². The number of hydrogen-bond acceptors (Lipinski definition) is 8. The first-order chi connectivity index (χ1) is 18.7. The van der Waals surface area contributed by atoms with Gasteiger partial charge >= 0.3 is 0 Å². The van der Waals surface area contributed by atoms with Gasteiger partial charge in [0.2, 0.25) is 0 Å². The predicted octanol–water partition coefficient (Wildman–Crippen LogP) is 3.33. The Labute approximate surface area is 236 Å². The van der Waals surface area contributed by atoms with Crippen LogP contribution in [0.25, 0.3) is 11.1 Å². The maximum Gasteiger partial charge on any atom is 0.255 e. The van der Waals surface area contributed by atoms with E-state index < -0.39 is 0 Å². The molecule has 0 spiro atoms. The van der Waals surface area contributed by atoms with Gasteiger partial charge in [0.1, 0.15) is 11.5 Å². The molecule has 0 aromatic heterocycles. The molecule has 6 N–H and O–H groups in total. The van der Waals surface area contributed by atoms with Gasteiger partial charge in [-0.3, -0.25) is 9.59 Å². The molecule has 0 fully saturated rings. The van der Waals surface area contributed by atoms with Crippen LogP contribution in [0.3, 0.4) is 0 Å². The minimum atomic E-state index is -0.374. The van der Waals surface area contributed by atoms with E-state index in [1.54, 1.807) is 12.1 Å².